The van der Waals surface area contributed by atoms with E-state index in [0.29, 0.717) is 19.3 Å². The molecule has 0 aliphatic heterocycles. The minimum absolute atomic E-state index is 0.0640. The van der Waals surface area contributed by atoms with Crippen molar-refractivity contribution in [3.63, 3.8) is 0 Å². The molecule has 0 aromatic heterocycles. The van der Waals surface area contributed by atoms with E-state index in [1.54, 1.807) is 0 Å². The Kier molecular flexibility index (Phi) is 40.9. The molecule has 0 radical (unpaired) electrons. The van der Waals surface area contributed by atoms with Gasteiger partial charge in [-0.25, -0.2) is 0 Å². The molecular formula is C46H88O6. The Labute approximate surface area is 323 Å². The number of esters is 3. The number of carbonyl (C=O) groups excluding carboxylic acids is 3. The zero-order chi connectivity index (χ0) is 38.0. The minimum atomic E-state index is -0.756. The van der Waals surface area contributed by atoms with Gasteiger partial charge >= 0.3 is 17.9 Å². The van der Waals surface area contributed by atoms with Gasteiger partial charge in [-0.2, -0.15) is 0 Å². The second-order valence-electron chi connectivity index (χ2n) is 15.7. The average molecular weight is 737 g/mol. The van der Waals surface area contributed by atoms with E-state index in [4.69, 9.17) is 14.2 Å². The van der Waals surface area contributed by atoms with Crippen LogP contribution in [0.1, 0.15) is 258 Å². The molecule has 0 amide bonds. The molecule has 0 rings (SSSR count). The van der Waals surface area contributed by atoms with Gasteiger partial charge < -0.3 is 14.2 Å². The van der Waals surface area contributed by atoms with E-state index >= 15 is 0 Å². The normalized spacial score (nSPS) is 11.8. The summed E-state index contributed by atoms with van der Waals surface area (Å²) in [4.78, 5) is 37.4. The van der Waals surface area contributed by atoms with Crippen molar-refractivity contribution in [2.24, 2.45) is 0 Å². The van der Waals surface area contributed by atoms with E-state index in [9.17, 15) is 14.4 Å². The predicted molar refractivity (Wildman–Crippen MR) is 220 cm³/mol. The van der Waals surface area contributed by atoms with Crippen LogP contribution in [0.5, 0.6) is 0 Å². The number of ether oxygens (including phenoxy) is 3. The summed E-state index contributed by atoms with van der Waals surface area (Å²) in [7, 11) is 0. The van der Waals surface area contributed by atoms with Gasteiger partial charge in [-0.15, -0.1) is 0 Å². The van der Waals surface area contributed by atoms with Crippen LogP contribution in [0.25, 0.3) is 0 Å². The number of rotatable bonds is 42. The van der Waals surface area contributed by atoms with E-state index in [-0.39, 0.29) is 31.1 Å². The molecule has 1 unspecified atom stereocenters. The number of hydrogen-bond donors (Lipinski definition) is 0. The van der Waals surface area contributed by atoms with Crippen molar-refractivity contribution in [3.8, 4) is 0 Å². The van der Waals surface area contributed by atoms with Crippen LogP contribution >= 0.6 is 0 Å². The summed E-state index contributed by atoms with van der Waals surface area (Å²) in [5.41, 5.74) is 0. The molecular weight excluding hydrogens is 648 g/mol. The lowest BCUT2D eigenvalue weighted by molar-refractivity contribution is -0.167. The van der Waals surface area contributed by atoms with Crippen molar-refractivity contribution >= 4 is 17.9 Å². The van der Waals surface area contributed by atoms with Crippen molar-refractivity contribution in [2.45, 2.75) is 264 Å². The zero-order valence-corrected chi connectivity index (χ0v) is 35.1. The van der Waals surface area contributed by atoms with Crippen LogP contribution in [0.15, 0.2) is 0 Å². The lowest BCUT2D eigenvalue weighted by atomic mass is 10.0. The van der Waals surface area contributed by atoms with E-state index in [1.807, 2.05) is 0 Å². The molecule has 0 aliphatic rings. The third kappa shape index (κ3) is 39.6. The Hall–Kier alpha value is -1.59. The summed E-state index contributed by atoms with van der Waals surface area (Å²) < 4.78 is 16.6. The van der Waals surface area contributed by atoms with Crippen LogP contribution in [0.3, 0.4) is 0 Å². The summed E-state index contributed by atoms with van der Waals surface area (Å²) in [6.45, 7) is 6.56. The van der Waals surface area contributed by atoms with Crippen molar-refractivity contribution < 1.29 is 28.6 Å². The lowest BCUT2D eigenvalue weighted by Gasteiger charge is -2.18. The SMILES string of the molecule is CCCCCCCCCCCCCCCCCCCCCC(=O)OCC(COC(=O)CCCCCCC)OC(=O)CCCCCCCCCCCC. The molecule has 308 valence electrons. The predicted octanol–water partition coefficient (Wildman–Crippen LogP) is 14.5. The highest BCUT2D eigenvalue weighted by Gasteiger charge is 2.19. The second kappa shape index (κ2) is 42.2. The first-order chi connectivity index (χ1) is 25.5. The molecule has 0 aliphatic carbocycles. The first kappa shape index (κ1) is 50.4. The van der Waals surface area contributed by atoms with Crippen LogP contribution in [-0.4, -0.2) is 37.2 Å². The first-order valence-electron chi connectivity index (χ1n) is 23.0. The molecule has 0 aromatic rings. The van der Waals surface area contributed by atoms with Gasteiger partial charge in [-0.1, -0.05) is 220 Å². The van der Waals surface area contributed by atoms with E-state index in [1.165, 1.54) is 154 Å². The summed E-state index contributed by atoms with van der Waals surface area (Å²) in [5.74, 6) is -0.868. The maximum atomic E-state index is 12.6. The van der Waals surface area contributed by atoms with Gasteiger partial charge in [0.15, 0.2) is 6.10 Å². The molecule has 6 nitrogen and oxygen atoms in total. The van der Waals surface area contributed by atoms with Crippen molar-refractivity contribution in [2.75, 3.05) is 13.2 Å². The third-order valence-electron chi connectivity index (χ3n) is 10.4. The zero-order valence-electron chi connectivity index (χ0n) is 35.1. The molecule has 52 heavy (non-hydrogen) atoms. The highest BCUT2D eigenvalue weighted by Crippen LogP contribution is 2.16. The Morgan fingerprint density at radius 3 is 0.769 bits per heavy atom. The van der Waals surface area contributed by atoms with E-state index in [0.717, 1.165) is 64.2 Å². The monoisotopic (exact) mass is 737 g/mol. The summed E-state index contributed by atoms with van der Waals surface area (Å²) in [6, 6.07) is 0. The number of carbonyl (C=O) groups is 3. The van der Waals surface area contributed by atoms with Gasteiger partial charge in [-0.3, -0.25) is 14.4 Å². The molecule has 0 saturated heterocycles. The molecule has 0 aromatic carbocycles. The maximum absolute atomic E-state index is 12.6. The van der Waals surface area contributed by atoms with Gasteiger partial charge in [-0.05, 0) is 19.3 Å². The number of unbranched alkanes of at least 4 members (excludes halogenated alkanes) is 31. The molecule has 0 spiro atoms. The maximum Gasteiger partial charge on any atom is 0.306 e. The van der Waals surface area contributed by atoms with E-state index < -0.39 is 6.10 Å². The topological polar surface area (TPSA) is 78.9 Å². The van der Waals surface area contributed by atoms with Crippen LogP contribution < -0.4 is 0 Å². The Balaban J connectivity index is 4.08. The van der Waals surface area contributed by atoms with Crippen molar-refractivity contribution in [1.82, 2.24) is 0 Å². The molecule has 0 N–H and O–H groups in total. The highest BCUT2D eigenvalue weighted by molar-refractivity contribution is 5.71. The molecule has 6 heteroatoms. The van der Waals surface area contributed by atoms with Gasteiger partial charge in [0.25, 0.3) is 0 Å². The summed E-state index contributed by atoms with van der Waals surface area (Å²) >= 11 is 0. The fraction of sp³-hybridized carbons (Fsp3) is 0.935. The molecule has 0 heterocycles. The van der Waals surface area contributed by atoms with Gasteiger partial charge in [0.05, 0.1) is 0 Å². The highest BCUT2D eigenvalue weighted by atomic mass is 16.6. The van der Waals surface area contributed by atoms with Crippen LogP contribution in [-0.2, 0) is 28.6 Å². The standard InChI is InChI=1S/C46H88O6/c1-4-7-10-13-15-17-19-20-21-22-23-24-25-26-27-29-30-33-36-39-45(48)51-42-43(41-50-44(47)38-35-32-12-9-6-3)52-46(49)40-37-34-31-28-18-16-14-11-8-5-2/h43H,4-42H2,1-3H3. The molecule has 1 atom stereocenters. The van der Waals surface area contributed by atoms with Gasteiger partial charge in [0.1, 0.15) is 13.2 Å². The van der Waals surface area contributed by atoms with E-state index in [2.05, 4.69) is 20.8 Å². The molecule has 0 saturated carbocycles. The Morgan fingerprint density at radius 1 is 0.308 bits per heavy atom. The van der Waals surface area contributed by atoms with Crippen LogP contribution in [0, 0.1) is 0 Å². The number of hydrogen-bond acceptors (Lipinski definition) is 6. The van der Waals surface area contributed by atoms with Crippen molar-refractivity contribution in [3.05, 3.63) is 0 Å². The average Bonchev–Trinajstić information content (AvgIpc) is 3.14. The summed E-state index contributed by atoms with van der Waals surface area (Å²) in [6.07, 6.45) is 42.7. The minimum Gasteiger partial charge on any atom is -0.462 e. The Morgan fingerprint density at radius 2 is 0.519 bits per heavy atom. The van der Waals surface area contributed by atoms with Crippen LogP contribution in [0.2, 0.25) is 0 Å². The summed E-state index contributed by atoms with van der Waals surface area (Å²) in [5, 5.41) is 0. The largest absolute Gasteiger partial charge is 0.462 e. The quantitative estimate of drug-likeness (QED) is 0.0353. The van der Waals surface area contributed by atoms with Crippen LogP contribution in [0.4, 0.5) is 0 Å². The van der Waals surface area contributed by atoms with Gasteiger partial charge in [0.2, 0.25) is 0 Å². The smallest absolute Gasteiger partial charge is 0.306 e. The molecule has 0 fully saturated rings. The van der Waals surface area contributed by atoms with Gasteiger partial charge in [0, 0.05) is 19.3 Å². The third-order valence-corrected chi connectivity index (χ3v) is 10.4. The fourth-order valence-corrected chi connectivity index (χ4v) is 6.85. The van der Waals surface area contributed by atoms with Crippen molar-refractivity contribution in [1.29, 1.82) is 0 Å². The fourth-order valence-electron chi connectivity index (χ4n) is 6.85. The Bertz CT molecular complexity index is 768. The lowest BCUT2D eigenvalue weighted by Crippen LogP contribution is -2.30. The second-order valence-corrected chi connectivity index (χ2v) is 15.7. The molecule has 0 bridgehead atoms. The first-order valence-corrected chi connectivity index (χ1v) is 23.0.